The van der Waals surface area contributed by atoms with E-state index in [-0.39, 0.29) is 0 Å². The molecule has 2 heterocycles. The molecule has 0 unspecified atom stereocenters. The van der Waals surface area contributed by atoms with Crippen LogP contribution in [-0.4, -0.2) is 20.2 Å². The highest BCUT2D eigenvalue weighted by molar-refractivity contribution is 5.92. The number of para-hydroxylation sites is 1. The Hall–Kier alpha value is -2.95. The minimum Gasteiger partial charge on any atom is -0.487 e. The number of hydrogen-bond acceptors (Lipinski definition) is 4. The van der Waals surface area contributed by atoms with E-state index in [1.807, 2.05) is 42.5 Å². The van der Waals surface area contributed by atoms with E-state index in [0.717, 1.165) is 33.4 Å². The number of nitrogens with one attached hydrogen (secondary N) is 1. The van der Waals surface area contributed by atoms with Gasteiger partial charge < -0.3 is 4.74 Å². The number of benzene rings is 2. The highest BCUT2D eigenvalue weighted by atomic mass is 16.5. The second kappa shape index (κ2) is 4.86. The van der Waals surface area contributed by atoms with Gasteiger partial charge in [0.25, 0.3) is 0 Å². The van der Waals surface area contributed by atoms with Crippen LogP contribution in [0.2, 0.25) is 0 Å². The first-order valence-corrected chi connectivity index (χ1v) is 6.65. The summed E-state index contributed by atoms with van der Waals surface area (Å²) in [6.07, 6.45) is 3.53. The summed E-state index contributed by atoms with van der Waals surface area (Å²) in [5.74, 6) is 0.823. The quantitative estimate of drug-likeness (QED) is 0.624. The maximum atomic E-state index is 5.69. The fourth-order valence-electron chi connectivity index (χ4n) is 2.23. The largest absolute Gasteiger partial charge is 0.487 e. The summed E-state index contributed by atoms with van der Waals surface area (Å²) in [6.45, 7) is 0.397. The van der Waals surface area contributed by atoms with Crippen LogP contribution in [0.4, 0.5) is 0 Å². The molecule has 0 atom stereocenters. The molecule has 2 aromatic heterocycles. The van der Waals surface area contributed by atoms with Crippen LogP contribution in [0.5, 0.6) is 5.75 Å². The zero-order valence-electron chi connectivity index (χ0n) is 11.2. The van der Waals surface area contributed by atoms with Crippen molar-refractivity contribution in [1.29, 1.82) is 0 Å². The number of fused-ring (bicyclic) bond motifs is 2. The zero-order chi connectivity index (χ0) is 14.1. The topological polar surface area (TPSA) is 63.7 Å². The van der Waals surface area contributed by atoms with Crippen LogP contribution in [0.1, 0.15) is 5.69 Å². The van der Waals surface area contributed by atoms with Gasteiger partial charge in [0, 0.05) is 5.39 Å². The smallest absolute Gasteiger partial charge is 0.132 e. The highest BCUT2D eigenvalue weighted by Gasteiger charge is 2.04. The molecule has 0 aliphatic rings. The van der Waals surface area contributed by atoms with E-state index >= 15 is 0 Å². The predicted octanol–water partition coefficient (Wildman–Crippen LogP) is 3.09. The first-order valence-electron chi connectivity index (χ1n) is 6.65. The Bertz CT molecular complexity index is 902. The molecule has 0 spiro atoms. The van der Waals surface area contributed by atoms with Crippen molar-refractivity contribution in [3.05, 3.63) is 60.6 Å². The van der Waals surface area contributed by atoms with E-state index in [0.29, 0.717) is 6.61 Å². The predicted molar refractivity (Wildman–Crippen MR) is 80.0 cm³/mol. The van der Waals surface area contributed by atoms with Crippen molar-refractivity contribution in [2.45, 2.75) is 6.61 Å². The monoisotopic (exact) mass is 276 g/mol. The fraction of sp³-hybridized carbons (Fsp3) is 0.0625. The number of hydrogen-bond donors (Lipinski definition) is 1. The maximum absolute atomic E-state index is 5.69. The van der Waals surface area contributed by atoms with Gasteiger partial charge in [0.2, 0.25) is 0 Å². The van der Waals surface area contributed by atoms with E-state index in [1.54, 1.807) is 12.4 Å². The van der Waals surface area contributed by atoms with Gasteiger partial charge in [-0.05, 0) is 24.3 Å². The molecule has 0 fully saturated rings. The number of rotatable bonds is 3. The Kier molecular flexibility index (Phi) is 2.74. The number of aromatic nitrogens is 4. The molecule has 5 heteroatoms. The molecule has 0 bridgehead atoms. The lowest BCUT2D eigenvalue weighted by Gasteiger charge is -2.06. The minimum atomic E-state index is 0.397. The molecule has 0 aliphatic heterocycles. The van der Waals surface area contributed by atoms with Crippen LogP contribution in [0, 0.1) is 0 Å². The van der Waals surface area contributed by atoms with Crippen molar-refractivity contribution in [3.63, 3.8) is 0 Å². The third kappa shape index (κ3) is 2.29. The first kappa shape index (κ1) is 11.8. The van der Waals surface area contributed by atoms with E-state index < -0.39 is 0 Å². The summed E-state index contributed by atoms with van der Waals surface area (Å²) in [5, 5.41) is 7.99. The Balaban J connectivity index is 1.65. The molecular formula is C16H12N4O. The van der Waals surface area contributed by atoms with Gasteiger partial charge in [-0.25, -0.2) is 4.98 Å². The van der Waals surface area contributed by atoms with Crippen molar-refractivity contribution in [1.82, 2.24) is 20.2 Å². The third-order valence-electron chi connectivity index (χ3n) is 3.28. The SMILES string of the molecule is c1ccc(OCc2cnc3cc4cn[nH]c4cc3n2)cc1. The van der Waals surface area contributed by atoms with Gasteiger partial charge in [0.1, 0.15) is 12.4 Å². The number of H-pyrrole nitrogens is 1. The number of ether oxygens (including phenoxy) is 1. The molecular weight excluding hydrogens is 264 g/mol. The van der Waals surface area contributed by atoms with E-state index in [9.17, 15) is 0 Å². The van der Waals surface area contributed by atoms with E-state index in [1.165, 1.54) is 0 Å². The average Bonchev–Trinajstić information content (AvgIpc) is 2.98. The normalized spacial score (nSPS) is 11.0. The van der Waals surface area contributed by atoms with Crippen LogP contribution in [-0.2, 0) is 6.61 Å². The third-order valence-corrected chi connectivity index (χ3v) is 3.28. The Labute approximate surface area is 120 Å². The Morgan fingerprint density at radius 2 is 1.90 bits per heavy atom. The average molecular weight is 276 g/mol. The summed E-state index contributed by atoms with van der Waals surface area (Å²) in [6, 6.07) is 13.6. The van der Waals surface area contributed by atoms with Crippen molar-refractivity contribution >= 4 is 21.9 Å². The highest BCUT2D eigenvalue weighted by Crippen LogP contribution is 2.18. The summed E-state index contributed by atoms with van der Waals surface area (Å²) in [5.41, 5.74) is 3.44. The Morgan fingerprint density at radius 3 is 2.81 bits per heavy atom. The van der Waals surface area contributed by atoms with Gasteiger partial charge in [0.05, 0.1) is 34.6 Å². The number of aromatic amines is 1. The van der Waals surface area contributed by atoms with Crippen LogP contribution in [0.15, 0.2) is 54.9 Å². The lowest BCUT2D eigenvalue weighted by Crippen LogP contribution is -1.99. The maximum Gasteiger partial charge on any atom is 0.132 e. The van der Waals surface area contributed by atoms with Gasteiger partial charge >= 0.3 is 0 Å². The zero-order valence-corrected chi connectivity index (χ0v) is 11.2. The summed E-state index contributed by atoms with van der Waals surface area (Å²) < 4.78 is 5.69. The van der Waals surface area contributed by atoms with Crippen molar-refractivity contribution in [2.75, 3.05) is 0 Å². The summed E-state index contributed by atoms with van der Waals surface area (Å²) in [4.78, 5) is 9.02. The van der Waals surface area contributed by atoms with Crippen molar-refractivity contribution in [3.8, 4) is 5.75 Å². The van der Waals surface area contributed by atoms with Gasteiger partial charge in [0.15, 0.2) is 0 Å². The van der Waals surface area contributed by atoms with Gasteiger partial charge in [-0.3, -0.25) is 10.1 Å². The summed E-state index contributed by atoms with van der Waals surface area (Å²) >= 11 is 0. The van der Waals surface area contributed by atoms with Gasteiger partial charge in [-0.2, -0.15) is 5.10 Å². The molecule has 102 valence electrons. The lowest BCUT2D eigenvalue weighted by atomic mass is 10.2. The summed E-state index contributed by atoms with van der Waals surface area (Å²) in [7, 11) is 0. The first-order chi connectivity index (χ1) is 10.4. The minimum absolute atomic E-state index is 0.397. The van der Waals surface area contributed by atoms with E-state index in [4.69, 9.17) is 4.74 Å². The van der Waals surface area contributed by atoms with Crippen molar-refractivity contribution in [2.24, 2.45) is 0 Å². The molecule has 21 heavy (non-hydrogen) atoms. The standard InChI is InChI=1S/C16H12N4O/c1-2-4-13(5-3-1)21-10-12-9-17-15-6-11-8-18-20-14(11)7-16(15)19-12/h1-9H,10H2,(H,18,20). The molecule has 4 rings (SSSR count). The van der Waals surface area contributed by atoms with Crippen LogP contribution in [0.25, 0.3) is 21.9 Å². The van der Waals surface area contributed by atoms with Crippen molar-refractivity contribution < 1.29 is 4.74 Å². The molecule has 0 saturated carbocycles. The van der Waals surface area contributed by atoms with E-state index in [2.05, 4.69) is 20.2 Å². The van der Waals surface area contributed by atoms with Crippen LogP contribution in [0.3, 0.4) is 0 Å². The Morgan fingerprint density at radius 1 is 1.00 bits per heavy atom. The van der Waals surface area contributed by atoms with Crippen LogP contribution < -0.4 is 4.74 Å². The molecule has 4 aromatic rings. The second-order valence-electron chi connectivity index (χ2n) is 4.76. The molecule has 0 saturated heterocycles. The molecule has 1 N–H and O–H groups in total. The molecule has 5 nitrogen and oxygen atoms in total. The molecule has 0 amide bonds. The van der Waals surface area contributed by atoms with Gasteiger partial charge in [-0.15, -0.1) is 0 Å². The fourth-order valence-corrected chi connectivity index (χ4v) is 2.23. The molecule has 0 radical (unpaired) electrons. The molecule has 0 aliphatic carbocycles. The van der Waals surface area contributed by atoms with Crippen LogP contribution >= 0.6 is 0 Å². The number of nitrogens with zero attached hydrogens (tertiary/aromatic N) is 3. The van der Waals surface area contributed by atoms with Gasteiger partial charge in [-0.1, -0.05) is 18.2 Å². The lowest BCUT2D eigenvalue weighted by molar-refractivity contribution is 0.301. The molecule has 2 aromatic carbocycles. The second-order valence-corrected chi connectivity index (χ2v) is 4.76.